The summed E-state index contributed by atoms with van der Waals surface area (Å²) in [6, 6.07) is 14.0. The lowest BCUT2D eigenvalue weighted by Gasteiger charge is -2.18. The molecule has 0 spiro atoms. The molecule has 0 saturated heterocycles. The van der Waals surface area contributed by atoms with Crippen molar-refractivity contribution in [3.63, 3.8) is 0 Å². The fourth-order valence-corrected chi connectivity index (χ4v) is 3.10. The summed E-state index contributed by atoms with van der Waals surface area (Å²) < 4.78 is 17.3. The number of nitrogens with zero attached hydrogens (tertiary/aromatic N) is 2. The minimum absolute atomic E-state index is 0.0191. The number of methoxy groups -OCH3 is 2. The van der Waals surface area contributed by atoms with Crippen molar-refractivity contribution in [2.24, 2.45) is 0 Å². The van der Waals surface area contributed by atoms with Crippen molar-refractivity contribution in [2.75, 3.05) is 20.0 Å². The summed E-state index contributed by atoms with van der Waals surface area (Å²) in [6.45, 7) is 0.199. The van der Waals surface area contributed by atoms with Gasteiger partial charge < -0.3 is 29.6 Å². The number of ether oxygens (including phenoxy) is 3. The Kier molecular flexibility index (Phi) is 6.12. The number of carboxylic acids is 1. The molecule has 0 atom stereocenters. The summed E-state index contributed by atoms with van der Waals surface area (Å²) in [7, 11) is 2.50. The summed E-state index contributed by atoms with van der Waals surface area (Å²) in [6.07, 6.45) is 1.26. The molecule has 2 aromatic carbocycles. The smallest absolute Gasteiger partial charge is 0.357 e. The number of hydrogen-bond donors (Lipinski definition) is 2. The van der Waals surface area contributed by atoms with E-state index in [9.17, 15) is 20.0 Å². The van der Waals surface area contributed by atoms with Gasteiger partial charge in [-0.3, -0.25) is 0 Å². The third kappa shape index (κ3) is 4.00. The Labute approximate surface area is 177 Å². The number of carbonyl (C=O) groups is 2. The lowest BCUT2D eigenvalue weighted by molar-refractivity contribution is 0.0590. The zero-order valence-electron chi connectivity index (χ0n) is 16.8. The second-order valence-electron chi connectivity index (χ2n) is 6.35. The van der Waals surface area contributed by atoms with Crippen LogP contribution in [0.15, 0.2) is 48.7 Å². The highest BCUT2D eigenvalue weighted by Gasteiger charge is 2.28. The Morgan fingerprint density at radius 2 is 1.87 bits per heavy atom. The fourth-order valence-electron chi connectivity index (χ4n) is 3.10. The maximum absolute atomic E-state index is 12.4. The standard InChI is InChI=1S/C22H19N3O6/c1-29-20-16(31-12-13-6-4-3-5-7-13)9-8-15(21(26)27)18(20)25-11-14(10-23)17(24)19(25)22(28)30-2/h3-9,11H,12,24H2,1-2H3,(H,26,27). The summed E-state index contributed by atoms with van der Waals surface area (Å²) in [4.78, 5) is 24.3. The van der Waals surface area contributed by atoms with Crippen LogP contribution in [0.1, 0.15) is 32.0 Å². The number of nitriles is 1. The van der Waals surface area contributed by atoms with Crippen LogP contribution in [-0.4, -0.2) is 35.8 Å². The van der Waals surface area contributed by atoms with E-state index in [4.69, 9.17) is 19.9 Å². The highest BCUT2D eigenvalue weighted by atomic mass is 16.5. The highest BCUT2D eigenvalue weighted by Crippen LogP contribution is 2.39. The molecule has 3 N–H and O–H groups in total. The van der Waals surface area contributed by atoms with E-state index in [-0.39, 0.29) is 46.3 Å². The molecular weight excluding hydrogens is 402 g/mol. The number of nitrogen functional groups attached to an aromatic ring is 1. The van der Waals surface area contributed by atoms with E-state index in [1.807, 2.05) is 36.4 Å². The monoisotopic (exact) mass is 421 g/mol. The van der Waals surface area contributed by atoms with Gasteiger partial charge in [0.25, 0.3) is 0 Å². The summed E-state index contributed by atoms with van der Waals surface area (Å²) in [5.74, 6) is -1.81. The van der Waals surface area contributed by atoms with Crippen molar-refractivity contribution in [1.29, 1.82) is 5.26 Å². The second-order valence-corrected chi connectivity index (χ2v) is 6.35. The molecule has 0 aliphatic carbocycles. The van der Waals surface area contributed by atoms with Crippen LogP contribution in [0, 0.1) is 11.3 Å². The minimum Gasteiger partial charge on any atom is -0.491 e. The lowest BCUT2D eigenvalue weighted by Crippen LogP contribution is -2.15. The molecule has 31 heavy (non-hydrogen) atoms. The number of anilines is 1. The molecule has 0 unspecified atom stereocenters. The average Bonchev–Trinajstić information content (AvgIpc) is 3.12. The van der Waals surface area contributed by atoms with Crippen molar-refractivity contribution in [3.8, 4) is 23.3 Å². The molecule has 0 aliphatic heterocycles. The van der Waals surface area contributed by atoms with E-state index in [0.29, 0.717) is 0 Å². The first kappa shape index (κ1) is 21.3. The number of carboxylic acid groups (broad SMARTS) is 1. The molecule has 9 heteroatoms. The molecule has 0 radical (unpaired) electrons. The van der Waals surface area contributed by atoms with Crippen molar-refractivity contribution in [3.05, 3.63) is 71.0 Å². The van der Waals surface area contributed by atoms with E-state index in [2.05, 4.69) is 0 Å². The van der Waals surface area contributed by atoms with Crippen LogP contribution in [0.25, 0.3) is 5.69 Å². The molecule has 0 aliphatic rings. The van der Waals surface area contributed by atoms with Crippen molar-refractivity contribution in [1.82, 2.24) is 4.57 Å². The van der Waals surface area contributed by atoms with Gasteiger partial charge in [0.2, 0.25) is 0 Å². The average molecular weight is 421 g/mol. The zero-order chi connectivity index (χ0) is 22.5. The molecule has 3 rings (SSSR count). The normalized spacial score (nSPS) is 10.2. The molecule has 9 nitrogen and oxygen atoms in total. The van der Waals surface area contributed by atoms with Crippen molar-refractivity contribution < 1.29 is 28.9 Å². The summed E-state index contributed by atoms with van der Waals surface area (Å²) in [5.41, 5.74) is 6.29. The molecule has 1 aromatic heterocycles. The van der Waals surface area contributed by atoms with Crippen LogP contribution < -0.4 is 15.2 Å². The van der Waals surface area contributed by atoms with Gasteiger partial charge in [-0.1, -0.05) is 30.3 Å². The van der Waals surface area contributed by atoms with Gasteiger partial charge in [-0.15, -0.1) is 0 Å². The molecule has 1 heterocycles. The van der Waals surface area contributed by atoms with Gasteiger partial charge >= 0.3 is 11.9 Å². The Bertz CT molecular complexity index is 1180. The third-order valence-corrected chi connectivity index (χ3v) is 4.55. The third-order valence-electron chi connectivity index (χ3n) is 4.55. The van der Waals surface area contributed by atoms with Crippen LogP contribution in [0.4, 0.5) is 5.69 Å². The van der Waals surface area contributed by atoms with Crippen LogP contribution in [0.5, 0.6) is 11.5 Å². The SMILES string of the molecule is COC(=O)c1c(N)c(C#N)cn1-c1c(C(=O)O)ccc(OCc2ccccc2)c1OC. The topological polar surface area (TPSA) is 137 Å². The van der Waals surface area contributed by atoms with Gasteiger partial charge in [-0.2, -0.15) is 5.26 Å². The van der Waals surface area contributed by atoms with Crippen molar-refractivity contribution >= 4 is 17.6 Å². The Morgan fingerprint density at radius 3 is 2.45 bits per heavy atom. The van der Waals surface area contributed by atoms with Gasteiger partial charge in [0, 0.05) is 6.20 Å². The Hall–Kier alpha value is -4.45. The number of aromatic carboxylic acids is 1. The molecule has 158 valence electrons. The first-order valence-corrected chi connectivity index (χ1v) is 9.03. The van der Waals surface area contributed by atoms with Crippen molar-refractivity contribution in [2.45, 2.75) is 6.61 Å². The molecule has 0 fully saturated rings. The number of aromatic nitrogens is 1. The summed E-state index contributed by atoms with van der Waals surface area (Å²) in [5, 5.41) is 19.1. The number of rotatable bonds is 7. The number of hydrogen-bond acceptors (Lipinski definition) is 7. The van der Waals surface area contributed by atoms with Gasteiger partial charge in [-0.25, -0.2) is 9.59 Å². The largest absolute Gasteiger partial charge is 0.491 e. The predicted molar refractivity (Wildman–Crippen MR) is 111 cm³/mol. The number of nitrogens with two attached hydrogens (primary N) is 1. The predicted octanol–water partition coefficient (Wildman–Crippen LogP) is 3.00. The molecule has 0 bridgehead atoms. The van der Waals surface area contributed by atoms with Crippen LogP contribution in [-0.2, 0) is 11.3 Å². The first-order chi connectivity index (χ1) is 14.9. The molecular formula is C22H19N3O6. The molecule has 0 saturated carbocycles. The number of benzene rings is 2. The van der Waals surface area contributed by atoms with E-state index >= 15 is 0 Å². The van der Waals surface area contributed by atoms with Gasteiger partial charge in [0.15, 0.2) is 17.2 Å². The van der Waals surface area contributed by atoms with Gasteiger partial charge in [0.1, 0.15) is 18.4 Å². The van der Waals surface area contributed by atoms with E-state index in [1.165, 1.54) is 30.0 Å². The molecule has 0 amide bonds. The van der Waals surface area contributed by atoms with Gasteiger partial charge in [0.05, 0.1) is 31.0 Å². The Morgan fingerprint density at radius 1 is 1.16 bits per heavy atom. The van der Waals surface area contributed by atoms with E-state index in [1.54, 1.807) is 0 Å². The number of carbonyl (C=O) groups excluding carboxylic acids is 1. The van der Waals surface area contributed by atoms with Crippen LogP contribution >= 0.6 is 0 Å². The maximum Gasteiger partial charge on any atom is 0.357 e. The zero-order valence-corrected chi connectivity index (χ0v) is 16.8. The Balaban J connectivity index is 2.22. The van der Waals surface area contributed by atoms with Crippen LogP contribution in [0.2, 0.25) is 0 Å². The van der Waals surface area contributed by atoms with Crippen LogP contribution in [0.3, 0.4) is 0 Å². The van der Waals surface area contributed by atoms with Gasteiger partial charge in [-0.05, 0) is 17.7 Å². The first-order valence-electron chi connectivity index (χ1n) is 9.03. The fraction of sp³-hybridized carbons (Fsp3) is 0.136. The maximum atomic E-state index is 12.4. The summed E-state index contributed by atoms with van der Waals surface area (Å²) >= 11 is 0. The second kappa shape index (κ2) is 8.92. The van der Waals surface area contributed by atoms with E-state index in [0.717, 1.165) is 12.7 Å². The lowest BCUT2D eigenvalue weighted by atomic mass is 10.1. The number of esters is 1. The quantitative estimate of drug-likeness (QED) is 0.556. The van der Waals surface area contributed by atoms with E-state index < -0.39 is 11.9 Å². The minimum atomic E-state index is -1.27. The molecule has 3 aromatic rings. The highest BCUT2D eigenvalue weighted by molar-refractivity contribution is 5.99.